The molecule has 0 N–H and O–H groups in total. The van der Waals surface area contributed by atoms with E-state index >= 15 is 0 Å². The fourth-order valence-electron chi connectivity index (χ4n) is 8.51. The van der Waals surface area contributed by atoms with Crippen molar-refractivity contribution < 1.29 is 0 Å². The maximum atomic E-state index is 5.28. The summed E-state index contributed by atoms with van der Waals surface area (Å²) in [5.74, 6) is 0.711. The molecule has 7 aromatic carbocycles. The van der Waals surface area contributed by atoms with Crippen LogP contribution in [0.4, 0.5) is 0 Å². The first-order valence-electron chi connectivity index (χ1n) is 19.2. The van der Waals surface area contributed by atoms with Crippen molar-refractivity contribution in [1.29, 1.82) is 0 Å². The Morgan fingerprint density at radius 1 is 0.446 bits per heavy atom. The molecule has 1 unspecified atom stereocenters. The Kier molecular flexibility index (Phi) is 7.82. The van der Waals surface area contributed by atoms with Gasteiger partial charge >= 0.3 is 0 Å². The van der Waals surface area contributed by atoms with E-state index in [1.807, 2.05) is 17.4 Å². The van der Waals surface area contributed by atoms with Crippen LogP contribution in [0.3, 0.4) is 0 Å². The van der Waals surface area contributed by atoms with Gasteiger partial charge in [0.25, 0.3) is 0 Å². The number of hydrogen-bond donors (Lipinski definition) is 0. The lowest BCUT2D eigenvalue weighted by atomic mass is 9.89. The number of thiophene rings is 1. The third-order valence-electron chi connectivity index (χ3n) is 11.2. The zero-order valence-corrected chi connectivity index (χ0v) is 31.3. The summed E-state index contributed by atoms with van der Waals surface area (Å²) in [6.07, 6.45) is 3.42. The lowest BCUT2D eigenvalue weighted by Gasteiger charge is -2.25. The van der Waals surface area contributed by atoms with Gasteiger partial charge in [0.15, 0.2) is 5.82 Å². The molecule has 0 aliphatic heterocycles. The predicted octanol–water partition coefficient (Wildman–Crippen LogP) is 13.7. The zero-order chi connectivity index (χ0) is 37.0. The molecule has 0 fully saturated rings. The summed E-state index contributed by atoms with van der Waals surface area (Å²) >= 11 is 1.91. The van der Waals surface area contributed by atoms with Crippen LogP contribution in [0.2, 0.25) is 0 Å². The summed E-state index contributed by atoms with van der Waals surface area (Å²) in [6, 6.07) is 67.3. The highest BCUT2D eigenvalue weighted by molar-refractivity contribution is 7.20. The minimum absolute atomic E-state index is 0.101. The van der Waals surface area contributed by atoms with Crippen molar-refractivity contribution in [3.05, 3.63) is 210 Å². The van der Waals surface area contributed by atoms with Gasteiger partial charge in [0.2, 0.25) is 0 Å². The van der Waals surface area contributed by atoms with Crippen LogP contribution < -0.4 is 0 Å². The maximum absolute atomic E-state index is 5.28. The van der Waals surface area contributed by atoms with Gasteiger partial charge in [-0.05, 0) is 63.9 Å². The highest BCUT2D eigenvalue weighted by atomic mass is 32.1. The highest BCUT2D eigenvalue weighted by Gasteiger charge is 2.28. The fraction of sp³-hybridized carbons (Fsp3) is 0.0385. The Morgan fingerprint density at radius 2 is 0.982 bits per heavy atom. The summed E-state index contributed by atoms with van der Waals surface area (Å²) in [4.78, 5) is 11.9. The van der Waals surface area contributed by atoms with Gasteiger partial charge in [-0.3, -0.25) is 0 Å². The molecular formula is C52H35N3S. The number of nitrogens with zero attached hydrogens (tertiary/aromatic N) is 3. The molecule has 1 atom stereocenters. The first-order valence-corrected chi connectivity index (χ1v) is 20.0. The number of benzene rings is 7. The molecular weight excluding hydrogens is 699 g/mol. The third kappa shape index (κ3) is 5.57. The highest BCUT2D eigenvalue weighted by Crippen LogP contribution is 2.46. The van der Waals surface area contributed by atoms with E-state index in [1.165, 1.54) is 64.6 Å². The molecule has 1 aliphatic rings. The van der Waals surface area contributed by atoms with Gasteiger partial charge in [0, 0.05) is 42.6 Å². The van der Waals surface area contributed by atoms with E-state index in [9.17, 15) is 0 Å². The first kappa shape index (κ1) is 32.5. The minimum atomic E-state index is 0.101. The number of para-hydroxylation sites is 1. The van der Waals surface area contributed by atoms with E-state index in [0.717, 1.165) is 34.5 Å². The summed E-state index contributed by atoms with van der Waals surface area (Å²) in [5, 5.41) is 3.84. The standard InChI is InChI=1S/C52H35N3S/c1-4-14-34(15-5-1)35-24-26-38(27-25-35)47-33-46(37-18-8-3-9-19-37)53-52(54-47)39-28-29-42-41-20-10-12-22-48(41)55(49(42)30-39)40-31-44(36-16-6-2-7-17-36)51-45(32-40)43-21-11-13-23-50(43)56-51/h1-31,33,40H,32H2. The summed E-state index contributed by atoms with van der Waals surface area (Å²) in [6.45, 7) is 0. The van der Waals surface area contributed by atoms with Crippen LogP contribution in [0.1, 0.15) is 22.0 Å². The molecule has 0 bridgehead atoms. The van der Waals surface area contributed by atoms with E-state index < -0.39 is 0 Å². The van der Waals surface area contributed by atoms with E-state index in [-0.39, 0.29) is 6.04 Å². The molecule has 3 nitrogen and oxygen atoms in total. The van der Waals surface area contributed by atoms with Crippen LogP contribution in [-0.2, 0) is 6.42 Å². The predicted molar refractivity (Wildman–Crippen MR) is 235 cm³/mol. The Morgan fingerprint density at radius 3 is 1.71 bits per heavy atom. The van der Waals surface area contributed by atoms with E-state index in [1.54, 1.807) is 0 Å². The number of hydrogen-bond acceptors (Lipinski definition) is 3. The Labute approximate surface area is 329 Å². The Bertz CT molecular complexity index is 3090. The van der Waals surface area contributed by atoms with Gasteiger partial charge in [0.1, 0.15) is 0 Å². The second kappa shape index (κ2) is 13.5. The average molecular weight is 734 g/mol. The smallest absolute Gasteiger partial charge is 0.160 e. The molecule has 1 aliphatic carbocycles. The van der Waals surface area contributed by atoms with Gasteiger partial charge in [-0.1, -0.05) is 170 Å². The van der Waals surface area contributed by atoms with Crippen LogP contribution in [0.5, 0.6) is 0 Å². The topological polar surface area (TPSA) is 30.7 Å². The first-order chi connectivity index (χ1) is 27.7. The number of fused-ring (bicyclic) bond motifs is 6. The zero-order valence-electron chi connectivity index (χ0n) is 30.5. The van der Waals surface area contributed by atoms with Crippen molar-refractivity contribution in [2.45, 2.75) is 12.5 Å². The fourth-order valence-corrected chi connectivity index (χ4v) is 9.79. The van der Waals surface area contributed by atoms with Crippen LogP contribution in [0.25, 0.3) is 82.5 Å². The maximum Gasteiger partial charge on any atom is 0.160 e. The molecule has 0 radical (unpaired) electrons. The van der Waals surface area contributed by atoms with Crippen molar-refractivity contribution in [1.82, 2.24) is 14.5 Å². The van der Waals surface area contributed by atoms with Crippen LogP contribution in [0.15, 0.2) is 194 Å². The van der Waals surface area contributed by atoms with Crippen molar-refractivity contribution in [3.63, 3.8) is 0 Å². The Hall–Kier alpha value is -6.88. The van der Waals surface area contributed by atoms with Crippen molar-refractivity contribution in [3.8, 4) is 45.0 Å². The monoisotopic (exact) mass is 733 g/mol. The van der Waals surface area contributed by atoms with Crippen LogP contribution in [-0.4, -0.2) is 14.5 Å². The van der Waals surface area contributed by atoms with Crippen molar-refractivity contribution in [2.24, 2.45) is 0 Å². The van der Waals surface area contributed by atoms with Gasteiger partial charge in [-0.2, -0.15) is 0 Å². The van der Waals surface area contributed by atoms with E-state index in [2.05, 4.69) is 193 Å². The molecule has 3 heterocycles. The number of aromatic nitrogens is 3. The van der Waals surface area contributed by atoms with Crippen molar-refractivity contribution in [2.75, 3.05) is 0 Å². The second-order valence-corrected chi connectivity index (χ2v) is 15.6. The van der Waals surface area contributed by atoms with Gasteiger partial charge in [0.05, 0.1) is 22.9 Å². The molecule has 0 spiro atoms. The van der Waals surface area contributed by atoms with Gasteiger partial charge in [-0.15, -0.1) is 11.3 Å². The Balaban J connectivity index is 1.09. The molecule has 0 saturated carbocycles. The third-order valence-corrected chi connectivity index (χ3v) is 12.4. The second-order valence-electron chi connectivity index (χ2n) is 14.5. The molecule has 0 amide bonds. The molecule has 10 aromatic rings. The molecule has 4 heteroatoms. The normalized spacial score (nSPS) is 13.9. The summed E-state index contributed by atoms with van der Waals surface area (Å²) in [7, 11) is 0. The molecule has 56 heavy (non-hydrogen) atoms. The van der Waals surface area contributed by atoms with Crippen molar-refractivity contribution >= 4 is 48.8 Å². The molecule has 0 saturated heterocycles. The van der Waals surface area contributed by atoms with Gasteiger partial charge in [-0.25, -0.2) is 9.97 Å². The summed E-state index contributed by atoms with van der Waals surface area (Å²) in [5.41, 5.74) is 13.7. The van der Waals surface area contributed by atoms with Crippen LogP contribution in [0, 0.1) is 0 Å². The molecule has 3 aromatic heterocycles. The van der Waals surface area contributed by atoms with E-state index in [0.29, 0.717) is 5.82 Å². The largest absolute Gasteiger partial charge is 0.333 e. The lowest BCUT2D eigenvalue weighted by molar-refractivity contribution is 0.637. The SMILES string of the molecule is C1=C(c2ccccc2)c2sc3ccccc3c2CC1n1c2ccccc2c2ccc(-c3nc(-c4ccccc4)cc(-c4ccc(-c5ccccc5)cc4)n3)cc21. The van der Waals surface area contributed by atoms with E-state index in [4.69, 9.17) is 9.97 Å². The number of rotatable bonds is 6. The van der Waals surface area contributed by atoms with Gasteiger partial charge < -0.3 is 4.57 Å². The minimum Gasteiger partial charge on any atom is -0.333 e. The quantitative estimate of drug-likeness (QED) is 0.170. The molecule has 264 valence electrons. The average Bonchev–Trinajstić information content (AvgIpc) is 3.82. The number of allylic oxidation sites excluding steroid dienone is 1. The van der Waals surface area contributed by atoms with Crippen LogP contribution >= 0.6 is 11.3 Å². The molecule has 11 rings (SSSR count). The summed E-state index contributed by atoms with van der Waals surface area (Å²) < 4.78 is 3.90. The lowest BCUT2D eigenvalue weighted by Crippen LogP contribution is -2.14.